The zero-order chi connectivity index (χ0) is 18.2. The van der Waals surface area contributed by atoms with Crippen LogP contribution in [0.1, 0.15) is 21.5 Å². The van der Waals surface area contributed by atoms with Gasteiger partial charge in [-0.25, -0.2) is 0 Å². The molecular weight excluding hydrogens is 332 g/mol. The fourth-order valence-corrected chi connectivity index (χ4v) is 2.00. The van der Waals surface area contributed by atoms with Gasteiger partial charge in [-0.05, 0) is 24.6 Å². The first-order chi connectivity index (χ1) is 12.0. The number of aryl methyl sites for hydroxylation is 1. The number of hydrogen-bond donors (Lipinski definition) is 1. The molecule has 2 aromatic carbocycles. The summed E-state index contributed by atoms with van der Waals surface area (Å²) in [7, 11) is 0. The largest absolute Gasteiger partial charge is 0.460 e. The van der Waals surface area contributed by atoms with Crippen molar-refractivity contribution >= 4 is 11.9 Å². The lowest BCUT2D eigenvalue weighted by Crippen LogP contribution is -2.31. The number of esters is 1. The van der Waals surface area contributed by atoms with Gasteiger partial charge in [-0.15, -0.1) is 0 Å². The molecule has 0 heterocycles. The number of rotatable bonds is 7. The maximum atomic E-state index is 12.3. The van der Waals surface area contributed by atoms with Crippen molar-refractivity contribution in [3.63, 3.8) is 0 Å². The summed E-state index contributed by atoms with van der Waals surface area (Å²) in [5.74, 6) is -1.60. The molecule has 0 aliphatic rings. The Balaban J connectivity index is 1.85. The lowest BCUT2D eigenvalue weighted by Gasteiger charge is -2.11. The first kappa shape index (κ1) is 18.4. The van der Waals surface area contributed by atoms with Crippen LogP contribution in [0.15, 0.2) is 48.5 Å². The van der Waals surface area contributed by atoms with E-state index in [4.69, 9.17) is 4.74 Å². The van der Waals surface area contributed by atoms with Gasteiger partial charge in [0.15, 0.2) is 0 Å². The highest BCUT2D eigenvalue weighted by Crippen LogP contribution is 2.19. The molecule has 0 spiro atoms. The third kappa shape index (κ3) is 5.87. The summed E-state index contributed by atoms with van der Waals surface area (Å²) in [6, 6.07) is 13.0. The molecule has 25 heavy (non-hydrogen) atoms. The van der Waals surface area contributed by atoms with Crippen molar-refractivity contribution in [2.24, 2.45) is 0 Å². The van der Waals surface area contributed by atoms with E-state index in [1.54, 1.807) is 0 Å². The van der Waals surface area contributed by atoms with Crippen molar-refractivity contribution in [1.82, 2.24) is 5.32 Å². The highest BCUT2D eigenvalue weighted by atomic mass is 19.3. The van der Waals surface area contributed by atoms with Gasteiger partial charge in [-0.2, -0.15) is 8.78 Å². The van der Waals surface area contributed by atoms with E-state index in [0.29, 0.717) is 0 Å². The van der Waals surface area contributed by atoms with E-state index in [2.05, 4.69) is 10.1 Å². The highest BCUT2D eigenvalue weighted by Gasteiger charge is 2.16. The Kier molecular flexibility index (Phi) is 6.45. The molecule has 5 nitrogen and oxygen atoms in total. The fraction of sp³-hybridized carbons (Fsp3) is 0.222. The normalized spacial score (nSPS) is 10.4. The third-order valence-electron chi connectivity index (χ3n) is 3.26. The summed E-state index contributed by atoms with van der Waals surface area (Å²) in [4.78, 5) is 23.7. The molecule has 7 heteroatoms. The third-order valence-corrected chi connectivity index (χ3v) is 3.26. The van der Waals surface area contributed by atoms with Gasteiger partial charge in [0.25, 0.3) is 5.91 Å². The van der Waals surface area contributed by atoms with Crippen LogP contribution in [0.25, 0.3) is 0 Å². The van der Waals surface area contributed by atoms with Crippen LogP contribution in [0, 0.1) is 6.92 Å². The van der Waals surface area contributed by atoms with E-state index in [1.807, 2.05) is 31.2 Å². The van der Waals surface area contributed by atoms with E-state index in [0.717, 1.165) is 11.1 Å². The lowest BCUT2D eigenvalue weighted by molar-refractivity contribution is -0.143. The number of nitrogens with one attached hydrogen (secondary N) is 1. The molecule has 0 aliphatic carbocycles. The van der Waals surface area contributed by atoms with Crippen molar-refractivity contribution in [1.29, 1.82) is 0 Å². The van der Waals surface area contributed by atoms with Gasteiger partial charge in [0.2, 0.25) is 0 Å². The monoisotopic (exact) mass is 349 g/mol. The number of alkyl halides is 2. The van der Waals surface area contributed by atoms with Crippen LogP contribution in [0.4, 0.5) is 8.78 Å². The summed E-state index contributed by atoms with van der Waals surface area (Å²) < 4.78 is 34.0. The topological polar surface area (TPSA) is 64.6 Å². The number of halogens is 2. The summed E-state index contributed by atoms with van der Waals surface area (Å²) in [5.41, 5.74) is 1.82. The molecule has 0 aliphatic heterocycles. The summed E-state index contributed by atoms with van der Waals surface area (Å²) in [6.45, 7) is -1.40. The van der Waals surface area contributed by atoms with E-state index in [9.17, 15) is 18.4 Å². The second-order valence-electron chi connectivity index (χ2n) is 5.20. The summed E-state index contributed by atoms with van der Waals surface area (Å²) >= 11 is 0. The predicted molar refractivity (Wildman–Crippen MR) is 86.4 cm³/mol. The fourth-order valence-electron chi connectivity index (χ4n) is 2.00. The number of ether oxygens (including phenoxy) is 2. The van der Waals surface area contributed by atoms with Crippen molar-refractivity contribution in [3.05, 3.63) is 65.2 Å². The van der Waals surface area contributed by atoms with Gasteiger partial charge >= 0.3 is 12.6 Å². The van der Waals surface area contributed by atoms with Crippen LogP contribution in [0.3, 0.4) is 0 Å². The molecule has 0 radical (unpaired) electrons. The van der Waals surface area contributed by atoms with Crippen LogP contribution in [0.2, 0.25) is 0 Å². The minimum Gasteiger partial charge on any atom is -0.460 e. The van der Waals surface area contributed by atoms with Crippen molar-refractivity contribution in [2.75, 3.05) is 6.54 Å². The molecule has 2 aromatic rings. The zero-order valence-corrected chi connectivity index (χ0v) is 13.5. The Hall–Kier alpha value is -2.96. The molecule has 0 saturated heterocycles. The molecule has 0 unspecified atom stereocenters. The van der Waals surface area contributed by atoms with E-state index in [-0.39, 0.29) is 24.5 Å². The summed E-state index contributed by atoms with van der Waals surface area (Å²) in [5, 5.41) is 2.32. The SMILES string of the molecule is Cc1ccc(COC(=O)CNC(=O)c2ccccc2OC(F)F)cc1. The zero-order valence-electron chi connectivity index (χ0n) is 13.5. The molecule has 2 rings (SSSR count). The van der Waals surface area contributed by atoms with Gasteiger partial charge in [-0.1, -0.05) is 42.0 Å². The molecule has 1 amide bonds. The van der Waals surface area contributed by atoms with Crippen molar-refractivity contribution < 1.29 is 27.8 Å². The highest BCUT2D eigenvalue weighted by molar-refractivity contribution is 5.98. The molecule has 0 saturated carbocycles. The quantitative estimate of drug-likeness (QED) is 0.781. The molecular formula is C18H17F2NO4. The molecule has 1 N–H and O–H groups in total. The Bertz CT molecular complexity index is 732. The van der Waals surface area contributed by atoms with Crippen molar-refractivity contribution in [2.45, 2.75) is 20.1 Å². The maximum absolute atomic E-state index is 12.3. The Labute approximate surface area is 143 Å². The average Bonchev–Trinajstić information content (AvgIpc) is 2.59. The standard InChI is InChI=1S/C18H17F2NO4/c1-12-6-8-13(9-7-12)11-24-16(22)10-21-17(23)14-4-2-3-5-15(14)25-18(19)20/h2-9,18H,10-11H2,1H3,(H,21,23). The number of carbonyl (C=O) groups excluding carboxylic acids is 2. The average molecular weight is 349 g/mol. The number of para-hydroxylation sites is 1. The van der Waals surface area contributed by atoms with Crippen LogP contribution in [-0.2, 0) is 16.1 Å². The first-order valence-electron chi connectivity index (χ1n) is 7.49. The number of carbonyl (C=O) groups is 2. The van der Waals surface area contributed by atoms with Crippen LogP contribution in [0.5, 0.6) is 5.75 Å². The van der Waals surface area contributed by atoms with Crippen LogP contribution < -0.4 is 10.1 Å². The maximum Gasteiger partial charge on any atom is 0.387 e. The first-order valence-corrected chi connectivity index (χ1v) is 7.49. The number of amides is 1. The number of hydrogen-bond acceptors (Lipinski definition) is 4. The van der Waals surface area contributed by atoms with E-state index in [1.165, 1.54) is 24.3 Å². The Morgan fingerprint density at radius 3 is 2.44 bits per heavy atom. The molecule has 0 fully saturated rings. The van der Waals surface area contributed by atoms with Gasteiger partial charge in [-0.3, -0.25) is 9.59 Å². The summed E-state index contributed by atoms with van der Waals surface area (Å²) in [6.07, 6.45) is 0. The minimum atomic E-state index is -3.05. The van der Waals surface area contributed by atoms with Gasteiger partial charge in [0.1, 0.15) is 18.9 Å². The molecule has 132 valence electrons. The Morgan fingerprint density at radius 1 is 1.08 bits per heavy atom. The molecule has 0 bridgehead atoms. The van der Waals surface area contributed by atoms with Gasteiger partial charge < -0.3 is 14.8 Å². The van der Waals surface area contributed by atoms with E-state index >= 15 is 0 Å². The Morgan fingerprint density at radius 2 is 1.76 bits per heavy atom. The van der Waals surface area contributed by atoms with Gasteiger partial charge in [0, 0.05) is 0 Å². The minimum absolute atomic E-state index is 0.0834. The number of benzene rings is 2. The van der Waals surface area contributed by atoms with E-state index < -0.39 is 18.5 Å². The van der Waals surface area contributed by atoms with Gasteiger partial charge in [0.05, 0.1) is 5.56 Å². The lowest BCUT2D eigenvalue weighted by atomic mass is 10.2. The smallest absolute Gasteiger partial charge is 0.387 e. The van der Waals surface area contributed by atoms with Crippen molar-refractivity contribution in [3.8, 4) is 5.75 Å². The predicted octanol–water partition coefficient (Wildman–Crippen LogP) is 3.07. The second-order valence-corrected chi connectivity index (χ2v) is 5.20. The second kappa shape index (κ2) is 8.77. The van der Waals surface area contributed by atoms with Crippen LogP contribution >= 0.6 is 0 Å². The molecule has 0 atom stereocenters. The van der Waals surface area contributed by atoms with Crippen LogP contribution in [-0.4, -0.2) is 25.0 Å². The molecule has 0 aromatic heterocycles.